The highest BCUT2D eigenvalue weighted by Gasteiger charge is 2.37. The number of rotatable bonds is 3. The first-order valence-electron chi connectivity index (χ1n) is 7.02. The van der Waals surface area contributed by atoms with Gasteiger partial charge in [0.25, 0.3) is 0 Å². The smallest absolute Gasteiger partial charge is 0.326 e. The zero-order valence-electron chi connectivity index (χ0n) is 11.1. The van der Waals surface area contributed by atoms with Crippen LogP contribution >= 0.6 is 0 Å². The Morgan fingerprint density at radius 1 is 1.41 bits per heavy atom. The largest absolute Gasteiger partial charge is 0.464 e. The van der Waals surface area contributed by atoms with Gasteiger partial charge < -0.3 is 10.1 Å². The second-order valence-corrected chi connectivity index (χ2v) is 6.10. The van der Waals surface area contributed by atoms with Crippen molar-refractivity contribution in [2.75, 3.05) is 13.2 Å². The molecule has 0 radical (unpaired) electrons. The van der Waals surface area contributed by atoms with Gasteiger partial charge in [0.15, 0.2) is 0 Å². The van der Waals surface area contributed by atoms with Gasteiger partial charge in [-0.25, -0.2) is 0 Å². The number of ether oxygens (including phenoxy) is 1. The van der Waals surface area contributed by atoms with Crippen LogP contribution in [-0.2, 0) is 9.53 Å². The molecule has 1 aliphatic heterocycles. The van der Waals surface area contributed by atoms with Gasteiger partial charge in [0.05, 0.1) is 6.61 Å². The van der Waals surface area contributed by atoms with Crippen LogP contribution in [0.15, 0.2) is 0 Å². The fourth-order valence-electron chi connectivity index (χ4n) is 3.13. The molecule has 2 aliphatic rings. The van der Waals surface area contributed by atoms with Crippen LogP contribution in [0.25, 0.3) is 0 Å². The Kier molecular flexibility index (Phi) is 4.08. The summed E-state index contributed by atoms with van der Waals surface area (Å²) in [5.41, 5.74) is -0.416. The van der Waals surface area contributed by atoms with E-state index in [4.69, 9.17) is 4.74 Å². The average molecular weight is 239 g/mol. The second-order valence-electron chi connectivity index (χ2n) is 6.10. The van der Waals surface area contributed by atoms with E-state index < -0.39 is 5.54 Å². The van der Waals surface area contributed by atoms with Gasteiger partial charge in [-0.05, 0) is 51.0 Å². The molecule has 0 aromatic heterocycles. The molecule has 1 heterocycles. The van der Waals surface area contributed by atoms with Crippen LogP contribution in [-0.4, -0.2) is 24.7 Å². The topological polar surface area (TPSA) is 38.3 Å². The molecule has 0 amide bonds. The van der Waals surface area contributed by atoms with Gasteiger partial charge in [0.1, 0.15) is 5.54 Å². The van der Waals surface area contributed by atoms with Crippen LogP contribution in [0, 0.1) is 11.8 Å². The summed E-state index contributed by atoms with van der Waals surface area (Å²) in [6.45, 7) is 5.83. The van der Waals surface area contributed by atoms with Gasteiger partial charge in [-0.15, -0.1) is 0 Å². The monoisotopic (exact) mass is 239 g/mol. The van der Waals surface area contributed by atoms with E-state index in [1.807, 2.05) is 6.92 Å². The molecule has 3 heteroatoms. The maximum atomic E-state index is 12.0. The molecular formula is C14H25NO2. The fourth-order valence-corrected chi connectivity index (χ4v) is 3.13. The zero-order valence-corrected chi connectivity index (χ0v) is 11.1. The third-order valence-electron chi connectivity index (χ3n) is 4.31. The summed E-state index contributed by atoms with van der Waals surface area (Å²) in [6, 6.07) is 0. The zero-order chi connectivity index (χ0) is 12.3. The quantitative estimate of drug-likeness (QED) is 0.769. The van der Waals surface area contributed by atoms with Crippen molar-refractivity contribution in [1.29, 1.82) is 0 Å². The second kappa shape index (κ2) is 5.38. The Morgan fingerprint density at radius 3 is 2.88 bits per heavy atom. The predicted octanol–water partition coefficient (Wildman–Crippen LogP) is 2.50. The Labute approximate surface area is 104 Å². The molecule has 1 saturated carbocycles. The molecule has 17 heavy (non-hydrogen) atoms. The third kappa shape index (κ3) is 3.21. The summed E-state index contributed by atoms with van der Waals surface area (Å²) in [5, 5.41) is 3.25. The molecule has 0 spiro atoms. The Balaban J connectivity index is 1.75. The lowest BCUT2D eigenvalue weighted by Crippen LogP contribution is -2.46. The summed E-state index contributed by atoms with van der Waals surface area (Å²) < 4.78 is 5.52. The van der Waals surface area contributed by atoms with Gasteiger partial charge in [-0.2, -0.15) is 0 Å². The lowest BCUT2D eigenvalue weighted by atomic mass is 9.83. The molecule has 1 N–H and O–H groups in total. The fraction of sp³-hybridized carbons (Fsp3) is 0.929. The number of hydrogen-bond acceptors (Lipinski definition) is 3. The molecule has 1 saturated heterocycles. The first kappa shape index (κ1) is 12.9. The molecule has 2 rings (SSSR count). The summed E-state index contributed by atoms with van der Waals surface area (Å²) in [7, 11) is 0. The lowest BCUT2D eigenvalue weighted by Gasteiger charge is -2.28. The highest BCUT2D eigenvalue weighted by Crippen LogP contribution is 2.29. The van der Waals surface area contributed by atoms with Crippen molar-refractivity contribution >= 4 is 5.97 Å². The minimum Gasteiger partial charge on any atom is -0.464 e. The predicted molar refractivity (Wildman–Crippen MR) is 67.7 cm³/mol. The molecule has 3 nitrogen and oxygen atoms in total. The van der Waals surface area contributed by atoms with Crippen molar-refractivity contribution in [3.05, 3.63) is 0 Å². The van der Waals surface area contributed by atoms with E-state index in [1.165, 1.54) is 25.7 Å². The van der Waals surface area contributed by atoms with Crippen LogP contribution in [0.1, 0.15) is 52.4 Å². The van der Waals surface area contributed by atoms with E-state index in [2.05, 4.69) is 12.2 Å². The minimum atomic E-state index is -0.416. The standard InChI is InChI=1S/C14H25NO2/c1-11-5-3-6-12(9-11)10-17-13(16)14(2)7-4-8-15-14/h11-12,15H,3-10H2,1-2H3. The Hall–Kier alpha value is -0.570. The van der Waals surface area contributed by atoms with Crippen LogP contribution < -0.4 is 5.32 Å². The van der Waals surface area contributed by atoms with Gasteiger partial charge in [-0.1, -0.05) is 19.8 Å². The molecular weight excluding hydrogens is 214 g/mol. The van der Waals surface area contributed by atoms with Crippen LogP contribution in [0.4, 0.5) is 0 Å². The third-order valence-corrected chi connectivity index (χ3v) is 4.31. The molecule has 3 unspecified atom stereocenters. The first-order valence-corrected chi connectivity index (χ1v) is 7.02. The van der Waals surface area contributed by atoms with E-state index in [0.29, 0.717) is 12.5 Å². The summed E-state index contributed by atoms with van der Waals surface area (Å²) in [4.78, 5) is 12.0. The van der Waals surface area contributed by atoms with Crippen molar-refractivity contribution in [1.82, 2.24) is 5.32 Å². The molecule has 2 fully saturated rings. The minimum absolute atomic E-state index is 0.0479. The highest BCUT2D eigenvalue weighted by molar-refractivity contribution is 5.80. The summed E-state index contributed by atoms with van der Waals surface area (Å²) in [6.07, 6.45) is 7.06. The van der Waals surface area contributed by atoms with E-state index in [1.54, 1.807) is 0 Å². The van der Waals surface area contributed by atoms with Crippen LogP contribution in [0.3, 0.4) is 0 Å². The molecule has 0 aromatic rings. The van der Waals surface area contributed by atoms with E-state index in [-0.39, 0.29) is 5.97 Å². The van der Waals surface area contributed by atoms with Gasteiger partial charge in [0, 0.05) is 0 Å². The number of carbonyl (C=O) groups excluding carboxylic acids is 1. The number of hydrogen-bond donors (Lipinski definition) is 1. The van der Waals surface area contributed by atoms with Crippen molar-refractivity contribution in [2.24, 2.45) is 11.8 Å². The molecule has 3 atom stereocenters. The molecule has 1 aliphatic carbocycles. The van der Waals surface area contributed by atoms with E-state index in [0.717, 1.165) is 25.3 Å². The first-order chi connectivity index (χ1) is 8.10. The normalized spacial score (nSPS) is 38.0. The van der Waals surface area contributed by atoms with Gasteiger partial charge in [-0.3, -0.25) is 4.79 Å². The number of nitrogens with one attached hydrogen (secondary N) is 1. The highest BCUT2D eigenvalue weighted by atomic mass is 16.5. The lowest BCUT2D eigenvalue weighted by molar-refractivity contribution is -0.152. The summed E-state index contributed by atoms with van der Waals surface area (Å²) in [5.74, 6) is 1.34. The van der Waals surface area contributed by atoms with Crippen LogP contribution in [0.2, 0.25) is 0 Å². The number of esters is 1. The maximum Gasteiger partial charge on any atom is 0.326 e. The Morgan fingerprint density at radius 2 is 2.24 bits per heavy atom. The van der Waals surface area contributed by atoms with Crippen LogP contribution in [0.5, 0.6) is 0 Å². The maximum absolute atomic E-state index is 12.0. The van der Waals surface area contributed by atoms with Crippen molar-refractivity contribution in [2.45, 2.75) is 57.9 Å². The average Bonchev–Trinajstić information content (AvgIpc) is 2.74. The van der Waals surface area contributed by atoms with Gasteiger partial charge in [0.2, 0.25) is 0 Å². The van der Waals surface area contributed by atoms with Crippen molar-refractivity contribution < 1.29 is 9.53 Å². The molecule has 98 valence electrons. The molecule has 0 aromatic carbocycles. The number of carbonyl (C=O) groups is 1. The van der Waals surface area contributed by atoms with E-state index >= 15 is 0 Å². The van der Waals surface area contributed by atoms with Crippen molar-refractivity contribution in [3.8, 4) is 0 Å². The SMILES string of the molecule is CC1CCCC(COC(=O)C2(C)CCCN2)C1. The summed E-state index contributed by atoms with van der Waals surface area (Å²) >= 11 is 0. The van der Waals surface area contributed by atoms with Crippen molar-refractivity contribution in [3.63, 3.8) is 0 Å². The van der Waals surface area contributed by atoms with Gasteiger partial charge >= 0.3 is 5.97 Å². The molecule has 0 bridgehead atoms. The Bertz CT molecular complexity index is 271. The van der Waals surface area contributed by atoms with E-state index in [9.17, 15) is 4.79 Å².